The van der Waals surface area contributed by atoms with Crippen LogP contribution in [0.15, 0.2) is 29.8 Å². The third kappa shape index (κ3) is 3.26. The number of amides is 1. The number of rotatable bonds is 4. The van der Waals surface area contributed by atoms with E-state index in [-0.39, 0.29) is 30.4 Å². The molecule has 2 aromatic rings. The van der Waals surface area contributed by atoms with E-state index < -0.39 is 10.9 Å². The number of nitro groups is 1. The number of nitrogens with one attached hydrogen (secondary N) is 1. The second kappa shape index (κ2) is 6.01. The van der Waals surface area contributed by atoms with Crippen LogP contribution >= 0.6 is 11.3 Å². The van der Waals surface area contributed by atoms with Crippen molar-refractivity contribution in [2.24, 2.45) is 0 Å². The number of hydrogen-bond donors (Lipinski definition) is 1. The monoisotopic (exact) mass is 334 g/mol. The average Bonchev–Trinajstić information content (AvgIpc) is 2.99. The maximum Gasteiger partial charge on any atom is 0.331 e. The molecule has 23 heavy (non-hydrogen) atoms. The Labute approximate surface area is 133 Å². The quantitative estimate of drug-likeness (QED) is 0.389. The first-order valence-corrected chi connectivity index (χ1v) is 7.34. The molecule has 1 amide bonds. The highest BCUT2D eigenvalue weighted by molar-refractivity contribution is 7.13. The number of benzene rings is 1. The Kier molecular flexibility index (Phi) is 3.89. The first-order chi connectivity index (χ1) is 11.0. The Morgan fingerprint density at radius 2 is 2.35 bits per heavy atom. The Morgan fingerprint density at radius 3 is 3.04 bits per heavy atom. The summed E-state index contributed by atoms with van der Waals surface area (Å²) in [5, 5.41) is 15.6. The number of thiazole rings is 1. The number of hydrogen-bond acceptors (Lipinski definition) is 8. The van der Waals surface area contributed by atoms with Gasteiger partial charge in [0.05, 0.1) is 23.2 Å². The van der Waals surface area contributed by atoms with Gasteiger partial charge in [-0.3, -0.25) is 14.9 Å². The summed E-state index contributed by atoms with van der Waals surface area (Å²) in [4.78, 5) is 39.3. The SMILES string of the molecule is O=C(CN1CC(=O)Oc2cc([N+](=O)[O-])ccc21)Nc1nccs1. The van der Waals surface area contributed by atoms with E-state index in [1.54, 1.807) is 11.6 Å². The van der Waals surface area contributed by atoms with Gasteiger partial charge in [0.15, 0.2) is 10.9 Å². The zero-order valence-electron chi connectivity index (χ0n) is 11.6. The summed E-state index contributed by atoms with van der Waals surface area (Å²) >= 11 is 1.28. The number of esters is 1. The lowest BCUT2D eigenvalue weighted by molar-refractivity contribution is -0.384. The fourth-order valence-electron chi connectivity index (χ4n) is 2.11. The van der Waals surface area contributed by atoms with Crippen LogP contribution in [0.5, 0.6) is 5.75 Å². The van der Waals surface area contributed by atoms with Gasteiger partial charge in [-0.15, -0.1) is 11.3 Å². The molecule has 1 aromatic carbocycles. The maximum absolute atomic E-state index is 12.0. The molecule has 0 radical (unpaired) electrons. The topological polar surface area (TPSA) is 115 Å². The molecule has 1 N–H and O–H groups in total. The van der Waals surface area contributed by atoms with E-state index >= 15 is 0 Å². The van der Waals surface area contributed by atoms with Gasteiger partial charge in [0.2, 0.25) is 5.91 Å². The van der Waals surface area contributed by atoms with Gasteiger partial charge < -0.3 is 15.0 Å². The number of nitro benzene ring substituents is 1. The summed E-state index contributed by atoms with van der Waals surface area (Å²) in [6.45, 7) is -0.213. The third-order valence-corrected chi connectivity index (χ3v) is 3.74. The summed E-state index contributed by atoms with van der Waals surface area (Å²) in [5.74, 6) is -0.864. The molecule has 0 fully saturated rings. The molecular formula is C13H10N4O5S. The molecule has 1 aliphatic heterocycles. The average molecular weight is 334 g/mol. The number of fused-ring (bicyclic) bond motifs is 1. The van der Waals surface area contributed by atoms with Gasteiger partial charge in [-0.2, -0.15) is 0 Å². The zero-order chi connectivity index (χ0) is 16.4. The van der Waals surface area contributed by atoms with E-state index in [2.05, 4.69) is 10.3 Å². The summed E-state index contributed by atoms with van der Waals surface area (Å²) in [6.07, 6.45) is 1.56. The van der Waals surface area contributed by atoms with Crippen molar-refractivity contribution in [3.05, 3.63) is 39.9 Å². The number of ether oxygens (including phenoxy) is 1. The fraction of sp³-hybridized carbons (Fsp3) is 0.154. The van der Waals surface area contributed by atoms with E-state index in [1.807, 2.05) is 0 Å². The van der Waals surface area contributed by atoms with Crippen LogP contribution in [0, 0.1) is 10.1 Å². The van der Waals surface area contributed by atoms with Crippen molar-refractivity contribution in [3.8, 4) is 5.75 Å². The molecule has 1 aliphatic rings. The van der Waals surface area contributed by atoms with Crippen LogP contribution in [0.1, 0.15) is 0 Å². The minimum atomic E-state index is -0.583. The normalized spacial score (nSPS) is 13.2. The fourth-order valence-corrected chi connectivity index (χ4v) is 2.66. The minimum Gasteiger partial charge on any atom is -0.423 e. The second-order valence-corrected chi connectivity index (χ2v) is 5.52. The van der Waals surface area contributed by atoms with Crippen LogP contribution in [0.2, 0.25) is 0 Å². The highest BCUT2D eigenvalue weighted by atomic mass is 32.1. The third-order valence-electron chi connectivity index (χ3n) is 3.05. The van der Waals surface area contributed by atoms with Gasteiger partial charge in [-0.05, 0) is 6.07 Å². The Morgan fingerprint density at radius 1 is 1.52 bits per heavy atom. The van der Waals surface area contributed by atoms with Crippen molar-refractivity contribution in [2.75, 3.05) is 23.3 Å². The number of carbonyl (C=O) groups excluding carboxylic acids is 2. The Hall–Kier alpha value is -3.01. The molecule has 3 rings (SSSR count). The Bertz CT molecular complexity index is 777. The molecule has 9 nitrogen and oxygen atoms in total. The van der Waals surface area contributed by atoms with Gasteiger partial charge in [-0.25, -0.2) is 9.78 Å². The van der Waals surface area contributed by atoms with Gasteiger partial charge in [0, 0.05) is 17.6 Å². The first-order valence-electron chi connectivity index (χ1n) is 6.46. The molecule has 0 unspecified atom stereocenters. The van der Waals surface area contributed by atoms with Crippen LogP contribution in [-0.2, 0) is 9.59 Å². The predicted molar refractivity (Wildman–Crippen MR) is 81.7 cm³/mol. The van der Waals surface area contributed by atoms with Crippen molar-refractivity contribution >= 4 is 39.7 Å². The number of nitrogens with zero attached hydrogens (tertiary/aromatic N) is 3. The molecule has 0 bridgehead atoms. The van der Waals surface area contributed by atoms with Crippen LogP contribution in [0.3, 0.4) is 0 Å². The van der Waals surface area contributed by atoms with Gasteiger partial charge in [-0.1, -0.05) is 0 Å². The van der Waals surface area contributed by atoms with E-state index in [0.29, 0.717) is 10.8 Å². The van der Waals surface area contributed by atoms with Gasteiger partial charge in [0.25, 0.3) is 5.69 Å². The molecule has 0 saturated carbocycles. The van der Waals surface area contributed by atoms with Crippen LogP contribution < -0.4 is 15.0 Å². The smallest absolute Gasteiger partial charge is 0.331 e. The highest BCUT2D eigenvalue weighted by Crippen LogP contribution is 2.35. The number of aromatic nitrogens is 1. The van der Waals surface area contributed by atoms with Crippen LogP contribution in [0.25, 0.3) is 0 Å². The Balaban J connectivity index is 1.79. The summed E-state index contributed by atoms with van der Waals surface area (Å²) in [7, 11) is 0. The van der Waals surface area contributed by atoms with E-state index in [0.717, 1.165) is 6.07 Å². The molecular weight excluding hydrogens is 324 g/mol. The molecule has 0 aliphatic carbocycles. The molecule has 118 valence electrons. The van der Waals surface area contributed by atoms with Gasteiger partial charge in [0.1, 0.15) is 6.54 Å². The van der Waals surface area contributed by atoms with Crippen molar-refractivity contribution in [1.82, 2.24) is 4.98 Å². The molecule has 1 aromatic heterocycles. The first kappa shape index (κ1) is 14.9. The lowest BCUT2D eigenvalue weighted by Crippen LogP contribution is -2.41. The van der Waals surface area contributed by atoms with E-state index in [1.165, 1.54) is 28.4 Å². The lowest BCUT2D eigenvalue weighted by atomic mass is 10.2. The number of non-ortho nitro benzene ring substituents is 1. The predicted octanol–water partition coefficient (Wildman–Crippen LogP) is 1.42. The molecule has 10 heteroatoms. The van der Waals surface area contributed by atoms with Crippen molar-refractivity contribution in [2.45, 2.75) is 0 Å². The number of anilines is 2. The maximum atomic E-state index is 12.0. The van der Waals surface area contributed by atoms with Crippen LogP contribution in [0.4, 0.5) is 16.5 Å². The van der Waals surface area contributed by atoms with Crippen LogP contribution in [-0.4, -0.2) is 34.9 Å². The molecule has 0 spiro atoms. The lowest BCUT2D eigenvalue weighted by Gasteiger charge is -2.28. The number of carbonyl (C=O) groups is 2. The molecule has 2 heterocycles. The molecule has 0 saturated heterocycles. The summed E-state index contributed by atoms with van der Waals surface area (Å²) < 4.78 is 5.01. The highest BCUT2D eigenvalue weighted by Gasteiger charge is 2.27. The summed E-state index contributed by atoms with van der Waals surface area (Å²) in [5.41, 5.74) is 0.259. The largest absolute Gasteiger partial charge is 0.423 e. The van der Waals surface area contributed by atoms with Gasteiger partial charge >= 0.3 is 5.97 Å². The zero-order valence-corrected chi connectivity index (χ0v) is 12.4. The molecule has 0 atom stereocenters. The second-order valence-electron chi connectivity index (χ2n) is 4.62. The van der Waals surface area contributed by atoms with Crippen molar-refractivity contribution < 1.29 is 19.2 Å². The minimum absolute atomic E-state index is 0.0671. The standard InChI is InChI=1S/C13H10N4O5S/c18-11(15-13-14-3-4-23-13)6-16-7-12(19)22-10-5-8(17(20)21)1-2-9(10)16/h1-5H,6-7H2,(H,14,15,18). The van der Waals surface area contributed by atoms with Crippen molar-refractivity contribution in [3.63, 3.8) is 0 Å². The summed E-state index contributed by atoms with van der Waals surface area (Å²) in [6, 6.07) is 3.92. The van der Waals surface area contributed by atoms with Crippen molar-refractivity contribution in [1.29, 1.82) is 0 Å². The van der Waals surface area contributed by atoms with E-state index in [9.17, 15) is 19.7 Å². The van der Waals surface area contributed by atoms with E-state index in [4.69, 9.17) is 4.74 Å².